The SMILES string of the molecule is CC1CCC(NC(=O)N[C@@H](CCO)C(=O)O)C1C. The third-order valence-corrected chi connectivity index (χ3v) is 3.80. The lowest BCUT2D eigenvalue weighted by molar-refractivity contribution is -0.139. The topological polar surface area (TPSA) is 98.7 Å². The van der Waals surface area contributed by atoms with Crippen LogP contribution >= 0.6 is 0 Å². The molecule has 0 spiro atoms. The van der Waals surface area contributed by atoms with E-state index in [1.165, 1.54) is 0 Å². The summed E-state index contributed by atoms with van der Waals surface area (Å²) < 4.78 is 0. The molecule has 0 heterocycles. The minimum atomic E-state index is -1.13. The summed E-state index contributed by atoms with van der Waals surface area (Å²) in [6, 6.07) is -1.41. The Morgan fingerprint density at radius 1 is 1.33 bits per heavy atom. The van der Waals surface area contributed by atoms with Crippen molar-refractivity contribution in [2.75, 3.05) is 6.61 Å². The highest BCUT2D eigenvalue weighted by molar-refractivity contribution is 5.82. The van der Waals surface area contributed by atoms with Crippen molar-refractivity contribution in [3.63, 3.8) is 0 Å². The number of hydrogen-bond acceptors (Lipinski definition) is 3. The van der Waals surface area contributed by atoms with Crippen molar-refractivity contribution in [3.05, 3.63) is 0 Å². The fourth-order valence-corrected chi connectivity index (χ4v) is 2.32. The lowest BCUT2D eigenvalue weighted by atomic mass is 9.98. The Kier molecular flexibility index (Phi) is 5.40. The molecule has 1 aliphatic rings. The van der Waals surface area contributed by atoms with Crippen molar-refractivity contribution in [2.45, 2.75) is 45.2 Å². The first-order chi connectivity index (χ1) is 8.45. The van der Waals surface area contributed by atoms with Crippen LogP contribution in [0.2, 0.25) is 0 Å². The van der Waals surface area contributed by atoms with Crippen molar-refractivity contribution in [2.24, 2.45) is 11.8 Å². The van der Waals surface area contributed by atoms with Gasteiger partial charge >= 0.3 is 12.0 Å². The van der Waals surface area contributed by atoms with Gasteiger partial charge in [0.05, 0.1) is 0 Å². The molecule has 6 nitrogen and oxygen atoms in total. The maximum atomic E-state index is 11.7. The molecule has 18 heavy (non-hydrogen) atoms. The Balaban J connectivity index is 2.43. The Hall–Kier alpha value is -1.30. The summed E-state index contributed by atoms with van der Waals surface area (Å²) in [6.07, 6.45) is 2.01. The highest BCUT2D eigenvalue weighted by atomic mass is 16.4. The standard InChI is InChI=1S/C12H22N2O4/c1-7-3-4-9(8(7)2)13-12(18)14-10(5-6-15)11(16)17/h7-10,15H,3-6H2,1-2H3,(H,16,17)(H2,13,14,18)/t7?,8?,9?,10-/m0/s1. The number of hydrogen-bond donors (Lipinski definition) is 4. The number of carbonyl (C=O) groups is 2. The Morgan fingerprint density at radius 3 is 2.44 bits per heavy atom. The maximum Gasteiger partial charge on any atom is 0.326 e. The summed E-state index contributed by atoms with van der Waals surface area (Å²) in [7, 11) is 0. The van der Waals surface area contributed by atoms with Crippen LogP contribution in [0.15, 0.2) is 0 Å². The molecule has 0 bridgehead atoms. The molecule has 2 amide bonds. The van der Waals surface area contributed by atoms with E-state index in [1.54, 1.807) is 0 Å². The van der Waals surface area contributed by atoms with Crippen molar-refractivity contribution in [1.82, 2.24) is 10.6 Å². The van der Waals surface area contributed by atoms with Gasteiger partial charge in [0.2, 0.25) is 0 Å². The second-order valence-corrected chi connectivity index (χ2v) is 5.04. The average molecular weight is 258 g/mol. The fraction of sp³-hybridized carbons (Fsp3) is 0.833. The van der Waals surface area contributed by atoms with Crippen molar-refractivity contribution in [3.8, 4) is 0 Å². The van der Waals surface area contributed by atoms with E-state index in [9.17, 15) is 9.59 Å². The van der Waals surface area contributed by atoms with E-state index >= 15 is 0 Å². The predicted octanol–water partition coefficient (Wildman–Crippen LogP) is 0.556. The van der Waals surface area contributed by atoms with Gasteiger partial charge in [-0.2, -0.15) is 0 Å². The number of amides is 2. The molecule has 1 aliphatic carbocycles. The minimum Gasteiger partial charge on any atom is -0.480 e. The van der Waals surface area contributed by atoms with Gasteiger partial charge < -0.3 is 20.8 Å². The first-order valence-electron chi connectivity index (χ1n) is 6.36. The van der Waals surface area contributed by atoms with Crippen LogP contribution in [0, 0.1) is 11.8 Å². The number of urea groups is 1. The van der Waals surface area contributed by atoms with Crippen LogP contribution in [0.25, 0.3) is 0 Å². The monoisotopic (exact) mass is 258 g/mol. The van der Waals surface area contributed by atoms with Crippen LogP contribution in [0.3, 0.4) is 0 Å². The molecule has 0 radical (unpaired) electrons. The van der Waals surface area contributed by atoms with E-state index in [2.05, 4.69) is 24.5 Å². The second kappa shape index (κ2) is 6.58. The largest absolute Gasteiger partial charge is 0.480 e. The number of carboxylic acid groups (broad SMARTS) is 1. The molecule has 3 unspecified atom stereocenters. The van der Waals surface area contributed by atoms with Gasteiger partial charge in [0, 0.05) is 19.1 Å². The number of rotatable bonds is 5. The molecule has 1 saturated carbocycles. The lowest BCUT2D eigenvalue weighted by Crippen LogP contribution is -2.50. The van der Waals surface area contributed by atoms with Gasteiger partial charge in [-0.05, 0) is 24.7 Å². The molecule has 0 aromatic heterocycles. The normalized spacial score (nSPS) is 28.7. The van der Waals surface area contributed by atoms with E-state index in [-0.39, 0.29) is 19.1 Å². The molecule has 104 valence electrons. The molecule has 0 aliphatic heterocycles. The number of aliphatic hydroxyl groups is 1. The third-order valence-electron chi connectivity index (χ3n) is 3.80. The first-order valence-corrected chi connectivity index (χ1v) is 6.36. The van der Waals surface area contributed by atoms with Crippen LogP contribution in [0.4, 0.5) is 4.79 Å². The van der Waals surface area contributed by atoms with Gasteiger partial charge in [-0.3, -0.25) is 0 Å². The molecule has 0 aromatic rings. The number of aliphatic hydroxyl groups excluding tert-OH is 1. The summed E-state index contributed by atoms with van der Waals surface area (Å²) in [4.78, 5) is 22.5. The molecule has 4 atom stereocenters. The van der Waals surface area contributed by atoms with E-state index in [0.717, 1.165) is 12.8 Å². The van der Waals surface area contributed by atoms with Crippen LogP contribution in [0.5, 0.6) is 0 Å². The highest BCUT2D eigenvalue weighted by Gasteiger charge is 2.31. The van der Waals surface area contributed by atoms with Gasteiger partial charge in [0.25, 0.3) is 0 Å². The minimum absolute atomic E-state index is 0.0133. The van der Waals surface area contributed by atoms with Gasteiger partial charge in [0.1, 0.15) is 6.04 Å². The molecular formula is C12H22N2O4. The smallest absolute Gasteiger partial charge is 0.326 e. The first kappa shape index (κ1) is 14.8. The van der Waals surface area contributed by atoms with E-state index in [1.807, 2.05) is 0 Å². The van der Waals surface area contributed by atoms with Gasteiger partial charge in [-0.1, -0.05) is 13.8 Å². The molecule has 6 heteroatoms. The van der Waals surface area contributed by atoms with Gasteiger partial charge in [0.15, 0.2) is 0 Å². The van der Waals surface area contributed by atoms with Crippen molar-refractivity contribution >= 4 is 12.0 Å². The number of carbonyl (C=O) groups excluding carboxylic acids is 1. The molecular weight excluding hydrogens is 236 g/mol. The van der Waals surface area contributed by atoms with Crippen LogP contribution < -0.4 is 10.6 Å². The maximum absolute atomic E-state index is 11.7. The second-order valence-electron chi connectivity index (χ2n) is 5.04. The quantitative estimate of drug-likeness (QED) is 0.579. The Labute approximate surface area is 107 Å². The zero-order valence-corrected chi connectivity index (χ0v) is 10.8. The zero-order valence-electron chi connectivity index (χ0n) is 10.8. The molecule has 1 rings (SSSR count). The fourth-order valence-electron chi connectivity index (χ4n) is 2.32. The van der Waals surface area contributed by atoms with Crippen molar-refractivity contribution < 1.29 is 19.8 Å². The lowest BCUT2D eigenvalue weighted by Gasteiger charge is -2.21. The molecule has 0 saturated heterocycles. The number of nitrogens with one attached hydrogen (secondary N) is 2. The molecule has 4 N–H and O–H groups in total. The number of aliphatic carboxylic acids is 1. The predicted molar refractivity (Wildman–Crippen MR) is 66.1 cm³/mol. The van der Waals surface area contributed by atoms with E-state index in [0.29, 0.717) is 11.8 Å². The summed E-state index contributed by atoms with van der Waals surface area (Å²) >= 11 is 0. The van der Waals surface area contributed by atoms with Gasteiger partial charge in [-0.25, -0.2) is 9.59 Å². The van der Waals surface area contributed by atoms with Crippen molar-refractivity contribution in [1.29, 1.82) is 0 Å². The van der Waals surface area contributed by atoms with Gasteiger partial charge in [-0.15, -0.1) is 0 Å². The molecule has 1 fully saturated rings. The summed E-state index contributed by atoms with van der Waals surface area (Å²) in [6.45, 7) is 3.97. The number of carboxylic acids is 1. The Morgan fingerprint density at radius 2 is 2.00 bits per heavy atom. The van der Waals surface area contributed by atoms with E-state index < -0.39 is 18.0 Å². The third kappa shape index (κ3) is 3.87. The van der Waals surface area contributed by atoms with Crippen LogP contribution in [0.1, 0.15) is 33.1 Å². The highest BCUT2D eigenvalue weighted by Crippen LogP contribution is 2.30. The summed E-state index contributed by atoms with van der Waals surface area (Å²) in [5, 5.41) is 22.8. The zero-order chi connectivity index (χ0) is 13.7. The summed E-state index contributed by atoms with van der Waals surface area (Å²) in [5.74, 6) is -0.160. The summed E-state index contributed by atoms with van der Waals surface area (Å²) in [5.41, 5.74) is 0. The van der Waals surface area contributed by atoms with Crippen LogP contribution in [-0.4, -0.2) is 40.9 Å². The Bertz CT molecular complexity index is 308. The van der Waals surface area contributed by atoms with Crippen LogP contribution in [-0.2, 0) is 4.79 Å². The van der Waals surface area contributed by atoms with E-state index in [4.69, 9.17) is 10.2 Å². The molecule has 0 aromatic carbocycles. The average Bonchev–Trinajstić information content (AvgIpc) is 2.60.